The molecule has 1 aromatic carbocycles. The summed E-state index contributed by atoms with van der Waals surface area (Å²) in [5.41, 5.74) is -0.716. The maximum Gasteiger partial charge on any atom is 0.416 e. The lowest BCUT2D eigenvalue weighted by Crippen LogP contribution is -2.51. The van der Waals surface area contributed by atoms with Crippen LogP contribution in [0.5, 0.6) is 0 Å². The van der Waals surface area contributed by atoms with Crippen molar-refractivity contribution < 1.29 is 23.0 Å². The first-order chi connectivity index (χ1) is 10.7. The molecule has 3 nitrogen and oxygen atoms in total. The first-order valence-corrected chi connectivity index (χ1v) is 7.84. The molecule has 0 amide bonds. The Bertz CT molecular complexity index is 521. The minimum absolute atomic E-state index is 0.0530. The van der Waals surface area contributed by atoms with Gasteiger partial charge in [0.2, 0.25) is 0 Å². The van der Waals surface area contributed by atoms with Crippen LogP contribution in [-0.4, -0.2) is 42.4 Å². The van der Waals surface area contributed by atoms with Gasteiger partial charge in [0.25, 0.3) is 0 Å². The molecule has 1 heterocycles. The van der Waals surface area contributed by atoms with Gasteiger partial charge in [0, 0.05) is 33.4 Å². The SMILES string of the molecule is COCC[C@@]1(O)CCN(Cc2cccc(C(F)(F)F)c2)C[C@@H]1C. The van der Waals surface area contributed by atoms with Gasteiger partial charge in [-0.3, -0.25) is 4.90 Å². The van der Waals surface area contributed by atoms with Crippen molar-refractivity contribution >= 4 is 0 Å². The van der Waals surface area contributed by atoms with Crippen LogP contribution in [0.4, 0.5) is 13.2 Å². The highest BCUT2D eigenvalue weighted by atomic mass is 19.4. The zero-order valence-corrected chi connectivity index (χ0v) is 13.6. The Morgan fingerprint density at radius 2 is 2.13 bits per heavy atom. The van der Waals surface area contributed by atoms with E-state index in [1.54, 1.807) is 13.2 Å². The quantitative estimate of drug-likeness (QED) is 0.898. The molecule has 130 valence electrons. The van der Waals surface area contributed by atoms with Gasteiger partial charge < -0.3 is 9.84 Å². The van der Waals surface area contributed by atoms with Crippen LogP contribution < -0.4 is 0 Å². The van der Waals surface area contributed by atoms with Gasteiger partial charge >= 0.3 is 6.18 Å². The number of halogens is 3. The van der Waals surface area contributed by atoms with E-state index in [2.05, 4.69) is 4.90 Å². The number of piperidine rings is 1. The summed E-state index contributed by atoms with van der Waals surface area (Å²) < 4.78 is 43.4. The Hall–Kier alpha value is -1.11. The van der Waals surface area contributed by atoms with Crippen molar-refractivity contribution in [3.05, 3.63) is 35.4 Å². The molecule has 0 spiro atoms. The number of aliphatic hydroxyl groups is 1. The van der Waals surface area contributed by atoms with Gasteiger partial charge in [-0.05, 0) is 30.4 Å². The molecular weight excluding hydrogens is 307 g/mol. The van der Waals surface area contributed by atoms with Crippen LogP contribution in [-0.2, 0) is 17.5 Å². The van der Waals surface area contributed by atoms with E-state index in [9.17, 15) is 18.3 Å². The van der Waals surface area contributed by atoms with E-state index in [0.29, 0.717) is 44.6 Å². The number of nitrogens with zero attached hydrogens (tertiary/aromatic N) is 1. The van der Waals surface area contributed by atoms with Gasteiger partial charge in [0.15, 0.2) is 0 Å². The van der Waals surface area contributed by atoms with Gasteiger partial charge in [-0.1, -0.05) is 25.1 Å². The number of alkyl halides is 3. The molecule has 23 heavy (non-hydrogen) atoms. The number of benzene rings is 1. The number of hydrogen-bond acceptors (Lipinski definition) is 3. The van der Waals surface area contributed by atoms with E-state index in [4.69, 9.17) is 4.74 Å². The van der Waals surface area contributed by atoms with Crippen molar-refractivity contribution in [2.75, 3.05) is 26.8 Å². The number of rotatable bonds is 5. The normalized spacial score (nSPS) is 26.4. The van der Waals surface area contributed by atoms with Crippen LogP contribution in [0.25, 0.3) is 0 Å². The summed E-state index contributed by atoms with van der Waals surface area (Å²) in [6.07, 6.45) is -3.12. The molecule has 2 rings (SSSR count). The summed E-state index contributed by atoms with van der Waals surface area (Å²) in [5, 5.41) is 10.7. The second-order valence-corrected chi connectivity index (χ2v) is 6.43. The van der Waals surface area contributed by atoms with E-state index < -0.39 is 17.3 Å². The van der Waals surface area contributed by atoms with E-state index in [-0.39, 0.29) is 5.92 Å². The van der Waals surface area contributed by atoms with Crippen molar-refractivity contribution in [2.24, 2.45) is 5.92 Å². The summed E-state index contributed by atoms with van der Waals surface area (Å²) in [7, 11) is 1.61. The molecule has 1 aliphatic heterocycles. The standard InChI is InChI=1S/C17H24F3NO2/c1-13-11-21(8-6-16(13,22)7-9-23-2)12-14-4-3-5-15(10-14)17(18,19)20/h3-5,10,13,22H,6-9,11-12H2,1-2H3/t13-,16-/m0/s1. The number of ether oxygens (including phenoxy) is 1. The maximum absolute atomic E-state index is 12.8. The van der Waals surface area contributed by atoms with E-state index in [0.717, 1.165) is 6.07 Å². The number of likely N-dealkylation sites (tertiary alicyclic amines) is 1. The monoisotopic (exact) mass is 331 g/mol. The van der Waals surface area contributed by atoms with Gasteiger partial charge in [0.05, 0.1) is 11.2 Å². The topological polar surface area (TPSA) is 32.7 Å². The third-order valence-electron chi connectivity index (χ3n) is 4.71. The highest BCUT2D eigenvalue weighted by Crippen LogP contribution is 2.33. The Balaban J connectivity index is 1.98. The molecule has 0 saturated carbocycles. The highest BCUT2D eigenvalue weighted by Gasteiger charge is 2.38. The second-order valence-electron chi connectivity index (χ2n) is 6.43. The zero-order valence-electron chi connectivity index (χ0n) is 13.6. The van der Waals surface area contributed by atoms with Crippen LogP contribution in [0.1, 0.15) is 30.9 Å². The van der Waals surface area contributed by atoms with Crippen molar-refractivity contribution in [1.82, 2.24) is 4.90 Å². The van der Waals surface area contributed by atoms with Gasteiger partial charge in [0.1, 0.15) is 0 Å². The summed E-state index contributed by atoms with van der Waals surface area (Å²) in [4.78, 5) is 2.10. The molecule has 2 atom stereocenters. The van der Waals surface area contributed by atoms with Gasteiger partial charge in [-0.25, -0.2) is 0 Å². The average Bonchev–Trinajstić information content (AvgIpc) is 2.49. The van der Waals surface area contributed by atoms with Crippen LogP contribution in [0.15, 0.2) is 24.3 Å². The molecule has 0 radical (unpaired) electrons. The Morgan fingerprint density at radius 3 is 2.74 bits per heavy atom. The van der Waals surface area contributed by atoms with Crippen molar-refractivity contribution in [3.63, 3.8) is 0 Å². The summed E-state index contributed by atoms with van der Waals surface area (Å²) >= 11 is 0. The Morgan fingerprint density at radius 1 is 1.39 bits per heavy atom. The fourth-order valence-electron chi connectivity index (χ4n) is 3.14. The van der Waals surface area contributed by atoms with Gasteiger partial charge in [-0.15, -0.1) is 0 Å². The molecule has 1 N–H and O–H groups in total. The van der Waals surface area contributed by atoms with Crippen LogP contribution >= 0.6 is 0 Å². The first kappa shape index (κ1) is 18.2. The molecule has 0 bridgehead atoms. The molecular formula is C17H24F3NO2. The molecule has 0 unspecified atom stereocenters. The van der Waals surface area contributed by atoms with Crippen molar-refractivity contribution in [2.45, 2.75) is 38.1 Å². The predicted molar refractivity (Wildman–Crippen MR) is 81.9 cm³/mol. The number of methoxy groups -OCH3 is 1. The minimum Gasteiger partial charge on any atom is -0.389 e. The fourth-order valence-corrected chi connectivity index (χ4v) is 3.14. The first-order valence-electron chi connectivity index (χ1n) is 7.84. The van der Waals surface area contributed by atoms with Crippen molar-refractivity contribution in [3.8, 4) is 0 Å². The maximum atomic E-state index is 12.8. The smallest absolute Gasteiger partial charge is 0.389 e. The molecule has 0 aliphatic carbocycles. The molecule has 1 aromatic rings. The zero-order chi connectivity index (χ0) is 17.1. The van der Waals surface area contributed by atoms with Crippen LogP contribution in [0.2, 0.25) is 0 Å². The average molecular weight is 331 g/mol. The van der Waals surface area contributed by atoms with Crippen LogP contribution in [0.3, 0.4) is 0 Å². The Labute approximate surface area is 135 Å². The minimum atomic E-state index is -4.31. The molecule has 1 aliphatic rings. The van der Waals surface area contributed by atoms with E-state index in [1.165, 1.54) is 12.1 Å². The van der Waals surface area contributed by atoms with Crippen molar-refractivity contribution in [1.29, 1.82) is 0 Å². The number of hydrogen-bond donors (Lipinski definition) is 1. The summed E-state index contributed by atoms with van der Waals surface area (Å²) in [6.45, 7) is 4.29. The van der Waals surface area contributed by atoms with E-state index >= 15 is 0 Å². The van der Waals surface area contributed by atoms with Crippen LogP contribution in [0, 0.1) is 5.92 Å². The molecule has 1 saturated heterocycles. The predicted octanol–water partition coefficient (Wildman–Crippen LogP) is 3.31. The lowest BCUT2D eigenvalue weighted by atomic mass is 9.80. The lowest BCUT2D eigenvalue weighted by molar-refractivity contribution is -0.137. The van der Waals surface area contributed by atoms with Gasteiger partial charge in [-0.2, -0.15) is 13.2 Å². The lowest BCUT2D eigenvalue weighted by Gasteiger charge is -2.43. The third kappa shape index (κ3) is 4.68. The highest BCUT2D eigenvalue weighted by molar-refractivity contribution is 5.25. The third-order valence-corrected chi connectivity index (χ3v) is 4.71. The van der Waals surface area contributed by atoms with E-state index in [1.807, 2.05) is 6.92 Å². The molecule has 1 fully saturated rings. The largest absolute Gasteiger partial charge is 0.416 e. The molecule has 6 heteroatoms. The molecule has 0 aromatic heterocycles. The second kappa shape index (κ2) is 7.20. The summed E-state index contributed by atoms with van der Waals surface area (Å²) in [5.74, 6) is 0.0530. The fraction of sp³-hybridized carbons (Fsp3) is 0.647. The summed E-state index contributed by atoms with van der Waals surface area (Å²) in [6, 6.07) is 5.45. The Kier molecular flexibility index (Phi) is 5.70.